The third-order valence-electron chi connectivity index (χ3n) is 3.09. The summed E-state index contributed by atoms with van der Waals surface area (Å²) in [5, 5.41) is 12.0. The highest BCUT2D eigenvalue weighted by Gasteiger charge is 2.25. The lowest BCUT2D eigenvalue weighted by Crippen LogP contribution is -2.26. The highest BCUT2D eigenvalue weighted by atomic mass is 16.5. The second kappa shape index (κ2) is 6.80. The molecule has 2 rings (SSSR count). The molecule has 1 saturated carbocycles. The van der Waals surface area contributed by atoms with Gasteiger partial charge in [-0.25, -0.2) is 0 Å². The second-order valence-corrected chi connectivity index (χ2v) is 4.73. The van der Waals surface area contributed by atoms with Gasteiger partial charge in [0.25, 0.3) is 5.91 Å². The van der Waals surface area contributed by atoms with Crippen LogP contribution in [0.4, 0.5) is 0 Å². The molecule has 0 bridgehead atoms. The SMILES string of the molecule is CCOc1cccc(/C=C(\C#N)C(=O)NC2CC2)c1OC. The third kappa shape index (κ3) is 3.76. The van der Waals surface area contributed by atoms with Gasteiger partial charge < -0.3 is 14.8 Å². The molecule has 0 atom stereocenters. The van der Waals surface area contributed by atoms with Crippen LogP contribution in [0, 0.1) is 11.3 Å². The van der Waals surface area contributed by atoms with E-state index in [9.17, 15) is 10.1 Å². The first-order valence-electron chi connectivity index (χ1n) is 6.92. The van der Waals surface area contributed by atoms with Gasteiger partial charge in [-0.05, 0) is 31.9 Å². The van der Waals surface area contributed by atoms with E-state index in [1.807, 2.05) is 13.0 Å². The zero-order valence-electron chi connectivity index (χ0n) is 12.2. The van der Waals surface area contributed by atoms with Crippen LogP contribution in [0.5, 0.6) is 11.5 Å². The summed E-state index contributed by atoms with van der Waals surface area (Å²) in [6, 6.07) is 7.52. The number of nitrogens with zero attached hydrogens (tertiary/aromatic N) is 1. The summed E-state index contributed by atoms with van der Waals surface area (Å²) in [5.41, 5.74) is 0.708. The number of amides is 1. The van der Waals surface area contributed by atoms with E-state index < -0.39 is 0 Å². The number of carbonyl (C=O) groups is 1. The molecule has 0 spiro atoms. The van der Waals surface area contributed by atoms with Crippen molar-refractivity contribution in [2.75, 3.05) is 13.7 Å². The van der Waals surface area contributed by atoms with Gasteiger partial charge in [0, 0.05) is 11.6 Å². The predicted octanol–water partition coefficient (Wildman–Crippen LogP) is 2.28. The first kappa shape index (κ1) is 14.9. The van der Waals surface area contributed by atoms with Crippen molar-refractivity contribution in [3.05, 3.63) is 29.3 Å². The van der Waals surface area contributed by atoms with E-state index >= 15 is 0 Å². The van der Waals surface area contributed by atoms with Crippen LogP contribution in [0.15, 0.2) is 23.8 Å². The Labute approximate surface area is 124 Å². The Hall–Kier alpha value is -2.48. The van der Waals surface area contributed by atoms with Crippen molar-refractivity contribution in [1.29, 1.82) is 5.26 Å². The average molecular weight is 286 g/mol. The average Bonchev–Trinajstić information content (AvgIpc) is 3.29. The van der Waals surface area contributed by atoms with Gasteiger partial charge in [0.1, 0.15) is 11.6 Å². The molecule has 0 aromatic heterocycles. The minimum absolute atomic E-state index is 0.0637. The van der Waals surface area contributed by atoms with E-state index in [0.717, 1.165) is 12.8 Å². The van der Waals surface area contributed by atoms with Crippen molar-refractivity contribution in [2.24, 2.45) is 0 Å². The molecule has 1 aliphatic carbocycles. The Morgan fingerprint density at radius 3 is 2.86 bits per heavy atom. The summed E-state index contributed by atoms with van der Waals surface area (Å²) in [5.74, 6) is 0.767. The number of nitriles is 1. The molecule has 1 aromatic carbocycles. The standard InChI is InChI=1S/C16H18N2O3/c1-3-21-14-6-4-5-11(15(14)20-2)9-12(10-17)16(19)18-13-7-8-13/h4-6,9,13H,3,7-8H2,1-2H3,(H,18,19)/b12-9+. The molecule has 0 saturated heterocycles. The van der Waals surface area contributed by atoms with Crippen molar-refractivity contribution in [1.82, 2.24) is 5.32 Å². The van der Waals surface area contributed by atoms with E-state index in [-0.39, 0.29) is 17.5 Å². The number of para-hydroxylation sites is 1. The van der Waals surface area contributed by atoms with Crippen molar-refractivity contribution < 1.29 is 14.3 Å². The quantitative estimate of drug-likeness (QED) is 0.643. The molecule has 21 heavy (non-hydrogen) atoms. The van der Waals surface area contributed by atoms with E-state index in [1.54, 1.807) is 18.2 Å². The molecular weight excluding hydrogens is 268 g/mol. The molecular formula is C16H18N2O3. The molecule has 0 unspecified atom stereocenters. The molecule has 0 radical (unpaired) electrons. The van der Waals surface area contributed by atoms with Gasteiger partial charge in [-0.2, -0.15) is 5.26 Å². The van der Waals surface area contributed by atoms with Crippen LogP contribution in [0.2, 0.25) is 0 Å². The lowest BCUT2D eigenvalue weighted by Gasteiger charge is -2.11. The van der Waals surface area contributed by atoms with Crippen molar-refractivity contribution in [3.63, 3.8) is 0 Å². The molecule has 1 fully saturated rings. The molecule has 1 N–H and O–H groups in total. The van der Waals surface area contributed by atoms with Crippen LogP contribution in [0.3, 0.4) is 0 Å². The number of carbonyl (C=O) groups excluding carboxylic acids is 1. The lowest BCUT2D eigenvalue weighted by molar-refractivity contribution is -0.117. The third-order valence-corrected chi connectivity index (χ3v) is 3.09. The highest BCUT2D eigenvalue weighted by Crippen LogP contribution is 2.32. The smallest absolute Gasteiger partial charge is 0.262 e. The summed E-state index contributed by atoms with van der Waals surface area (Å²) in [7, 11) is 1.53. The summed E-state index contributed by atoms with van der Waals surface area (Å²) >= 11 is 0. The van der Waals surface area contributed by atoms with Crippen LogP contribution in [-0.2, 0) is 4.79 Å². The van der Waals surface area contributed by atoms with Gasteiger partial charge in [-0.3, -0.25) is 4.79 Å². The minimum Gasteiger partial charge on any atom is -0.492 e. The summed E-state index contributed by atoms with van der Waals surface area (Å²) in [6.07, 6.45) is 3.49. The predicted molar refractivity (Wildman–Crippen MR) is 78.9 cm³/mol. The highest BCUT2D eigenvalue weighted by molar-refractivity contribution is 6.02. The largest absolute Gasteiger partial charge is 0.492 e. The second-order valence-electron chi connectivity index (χ2n) is 4.73. The first-order valence-corrected chi connectivity index (χ1v) is 6.92. The van der Waals surface area contributed by atoms with E-state index in [4.69, 9.17) is 9.47 Å². The number of ether oxygens (including phenoxy) is 2. The van der Waals surface area contributed by atoms with Gasteiger partial charge in [-0.15, -0.1) is 0 Å². The van der Waals surface area contributed by atoms with Crippen molar-refractivity contribution in [3.8, 4) is 17.6 Å². The van der Waals surface area contributed by atoms with Gasteiger partial charge in [0.2, 0.25) is 0 Å². The van der Waals surface area contributed by atoms with Gasteiger partial charge >= 0.3 is 0 Å². The van der Waals surface area contributed by atoms with Crippen molar-refractivity contribution >= 4 is 12.0 Å². The fourth-order valence-electron chi connectivity index (χ4n) is 1.93. The molecule has 5 heteroatoms. The summed E-state index contributed by atoms with van der Waals surface area (Å²) in [6.45, 7) is 2.39. The van der Waals surface area contributed by atoms with Crippen LogP contribution in [0.1, 0.15) is 25.3 Å². The van der Waals surface area contributed by atoms with Crippen LogP contribution >= 0.6 is 0 Å². The molecule has 110 valence electrons. The van der Waals surface area contributed by atoms with E-state index in [2.05, 4.69) is 5.32 Å². The minimum atomic E-state index is -0.344. The number of rotatable bonds is 6. The number of nitrogens with one attached hydrogen (secondary N) is 1. The molecule has 0 heterocycles. The maximum Gasteiger partial charge on any atom is 0.262 e. The van der Waals surface area contributed by atoms with Gasteiger partial charge in [0.15, 0.2) is 11.5 Å². The Morgan fingerprint density at radius 2 is 2.29 bits per heavy atom. The van der Waals surface area contributed by atoms with E-state index in [0.29, 0.717) is 23.7 Å². The van der Waals surface area contributed by atoms with Crippen LogP contribution in [0.25, 0.3) is 6.08 Å². The van der Waals surface area contributed by atoms with Gasteiger partial charge in [0.05, 0.1) is 13.7 Å². The number of hydrogen-bond donors (Lipinski definition) is 1. The molecule has 1 aromatic rings. The molecule has 1 aliphatic rings. The molecule has 0 aliphatic heterocycles. The number of benzene rings is 1. The maximum atomic E-state index is 12.0. The first-order chi connectivity index (χ1) is 10.2. The Morgan fingerprint density at radius 1 is 1.52 bits per heavy atom. The topological polar surface area (TPSA) is 71.3 Å². The van der Waals surface area contributed by atoms with Gasteiger partial charge in [-0.1, -0.05) is 12.1 Å². The number of methoxy groups -OCH3 is 1. The Balaban J connectivity index is 2.30. The Kier molecular flexibility index (Phi) is 4.83. The Bertz CT molecular complexity index is 598. The zero-order chi connectivity index (χ0) is 15.2. The fourth-order valence-corrected chi connectivity index (χ4v) is 1.93. The van der Waals surface area contributed by atoms with Crippen molar-refractivity contribution in [2.45, 2.75) is 25.8 Å². The van der Waals surface area contributed by atoms with Crippen LogP contribution < -0.4 is 14.8 Å². The summed E-state index contributed by atoms with van der Waals surface area (Å²) in [4.78, 5) is 12.0. The molecule has 1 amide bonds. The molecule has 5 nitrogen and oxygen atoms in total. The maximum absolute atomic E-state index is 12.0. The summed E-state index contributed by atoms with van der Waals surface area (Å²) < 4.78 is 10.8. The van der Waals surface area contributed by atoms with Crippen LogP contribution in [-0.4, -0.2) is 25.7 Å². The lowest BCUT2D eigenvalue weighted by atomic mass is 10.1. The fraction of sp³-hybridized carbons (Fsp3) is 0.375. The zero-order valence-corrected chi connectivity index (χ0v) is 12.2. The normalized spacial score (nSPS) is 14.2. The number of hydrogen-bond acceptors (Lipinski definition) is 4. The van der Waals surface area contributed by atoms with E-state index in [1.165, 1.54) is 13.2 Å². The monoisotopic (exact) mass is 286 g/mol.